The predicted molar refractivity (Wildman–Crippen MR) is 55.3 cm³/mol. The summed E-state index contributed by atoms with van der Waals surface area (Å²) < 4.78 is 29.1. The third kappa shape index (κ3) is 1.09. The summed E-state index contributed by atoms with van der Waals surface area (Å²) in [6.45, 7) is 0. The Hall–Kier alpha value is -1.38. The second kappa shape index (κ2) is 2.84. The van der Waals surface area contributed by atoms with Crippen LogP contribution in [-0.2, 0) is 20.2 Å². The summed E-state index contributed by atoms with van der Waals surface area (Å²) in [5.41, 5.74) is -0.00998. The van der Waals surface area contributed by atoms with Crippen LogP contribution in [0.4, 0.5) is 0 Å². The van der Waals surface area contributed by atoms with Crippen LogP contribution in [0, 0.1) is 11.3 Å². The molecule has 1 aromatic rings. The number of epoxide rings is 1. The average Bonchev–Trinajstić information content (AvgIpc) is 3.00. The van der Waals surface area contributed by atoms with Gasteiger partial charge >= 0.3 is 0 Å². The molecule has 0 bridgehead atoms. The van der Waals surface area contributed by atoms with E-state index in [0.717, 1.165) is 0 Å². The van der Waals surface area contributed by atoms with Crippen LogP contribution in [0.2, 0.25) is 0 Å². The van der Waals surface area contributed by atoms with E-state index in [1.54, 1.807) is 24.3 Å². The number of nitrogens with zero attached hydrogens (tertiary/aromatic N) is 1. The minimum absolute atomic E-state index is 0.0577. The summed E-state index contributed by atoms with van der Waals surface area (Å²) in [4.78, 5) is 0.319. The molecular weight excluding hydrogens is 226 g/mol. The molecule has 5 heteroatoms. The third-order valence-corrected chi connectivity index (χ3v) is 5.00. The van der Waals surface area contributed by atoms with Gasteiger partial charge in [-0.3, -0.25) is 0 Å². The van der Waals surface area contributed by atoms with Gasteiger partial charge in [-0.05, 0) is 12.5 Å². The summed E-state index contributed by atoms with van der Waals surface area (Å²) in [5.74, 6) is 0.0577. The first-order chi connectivity index (χ1) is 7.60. The molecule has 0 radical (unpaired) electrons. The zero-order valence-electron chi connectivity index (χ0n) is 8.38. The van der Waals surface area contributed by atoms with Crippen molar-refractivity contribution in [2.75, 3.05) is 5.75 Å². The molecule has 2 aliphatic rings. The Morgan fingerprint density at radius 1 is 1.44 bits per heavy atom. The summed E-state index contributed by atoms with van der Waals surface area (Å²) in [5, 5.41) is 8.85. The smallest absolute Gasteiger partial charge is 0.178 e. The topological polar surface area (TPSA) is 70.5 Å². The Balaban J connectivity index is 2.23. The number of benzene rings is 1. The minimum Gasteiger partial charge on any atom is -0.345 e. The van der Waals surface area contributed by atoms with Crippen LogP contribution in [-0.4, -0.2) is 20.3 Å². The van der Waals surface area contributed by atoms with Gasteiger partial charge in [0.15, 0.2) is 15.9 Å². The van der Waals surface area contributed by atoms with Crippen molar-refractivity contribution in [2.24, 2.45) is 0 Å². The van der Waals surface area contributed by atoms with Gasteiger partial charge in [-0.2, -0.15) is 5.26 Å². The van der Waals surface area contributed by atoms with E-state index in [1.807, 2.05) is 0 Å². The second-order valence-corrected chi connectivity index (χ2v) is 6.16. The highest BCUT2D eigenvalue weighted by molar-refractivity contribution is 7.91. The van der Waals surface area contributed by atoms with Crippen LogP contribution in [0.5, 0.6) is 0 Å². The van der Waals surface area contributed by atoms with Gasteiger partial charge in [0.1, 0.15) is 5.60 Å². The number of ether oxygens (including phenoxy) is 1. The molecule has 0 amide bonds. The van der Waals surface area contributed by atoms with E-state index in [0.29, 0.717) is 16.9 Å². The van der Waals surface area contributed by atoms with E-state index in [1.165, 1.54) is 0 Å². The highest BCUT2D eigenvalue weighted by Crippen LogP contribution is 2.53. The SMILES string of the molecule is N#CC1OC12CCS(=O)(=O)c1ccccc12. The molecule has 2 unspecified atom stereocenters. The van der Waals surface area contributed by atoms with Crippen LogP contribution in [0.15, 0.2) is 29.2 Å². The number of rotatable bonds is 0. The fourth-order valence-electron chi connectivity index (χ4n) is 2.32. The van der Waals surface area contributed by atoms with Gasteiger partial charge in [0.25, 0.3) is 0 Å². The molecule has 0 saturated carbocycles. The largest absolute Gasteiger partial charge is 0.345 e. The first-order valence-corrected chi connectivity index (χ1v) is 6.65. The first-order valence-electron chi connectivity index (χ1n) is 5.00. The van der Waals surface area contributed by atoms with Crippen molar-refractivity contribution in [1.82, 2.24) is 0 Å². The van der Waals surface area contributed by atoms with Crippen molar-refractivity contribution < 1.29 is 13.2 Å². The summed E-state index contributed by atoms with van der Waals surface area (Å²) >= 11 is 0. The van der Waals surface area contributed by atoms with Crippen molar-refractivity contribution in [3.05, 3.63) is 29.8 Å². The molecular formula is C11H9NO3S. The zero-order chi connectivity index (χ0) is 11.4. The van der Waals surface area contributed by atoms with Crippen molar-refractivity contribution in [3.63, 3.8) is 0 Å². The summed E-state index contributed by atoms with van der Waals surface area (Å²) in [6, 6.07) is 8.84. The monoisotopic (exact) mass is 235 g/mol. The van der Waals surface area contributed by atoms with E-state index in [4.69, 9.17) is 10.00 Å². The highest BCUT2D eigenvalue weighted by Gasteiger charge is 2.61. The van der Waals surface area contributed by atoms with E-state index in [9.17, 15) is 8.42 Å². The third-order valence-electron chi connectivity index (χ3n) is 3.23. The lowest BCUT2D eigenvalue weighted by atomic mass is 9.92. The standard InChI is InChI=1S/C11H9NO3S/c12-7-10-11(15-10)5-6-16(13,14)9-4-2-1-3-8(9)11/h1-4,10H,5-6H2. The van der Waals surface area contributed by atoms with Gasteiger partial charge in [-0.15, -0.1) is 0 Å². The molecule has 0 aromatic heterocycles. The Kier molecular flexibility index (Phi) is 1.74. The number of fused-ring (bicyclic) bond motifs is 2. The van der Waals surface area contributed by atoms with Crippen molar-refractivity contribution in [1.29, 1.82) is 5.26 Å². The number of nitriles is 1. The quantitative estimate of drug-likeness (QED) is 0.628. The Bertz CT molecular complexity index is 602. The molecule has 3 rings (SSSR count). The van der Waals surface area contributed by atoms with Gasteiger partial charge < -0.3 is 4.74 Å². The van der Waals surface area contributed by atoms with Gasteiger partial charge in [-0.1, -0.05) is 18.2 Å². The van der Waals surface area contributed by atoms with Crippen LogP contribution >= 0.6 is 0 Å². The lowest BCUT2D eigenvalue weighted by Crippen LogP contribution is -2.27. The van der Waals surface area contributed by atoms with Crippen molar-refractivity contribution in [2.45, 2.75) is 23.0 Å². The van der Waals surface area contributed by atoms with Gasteiger partial charge in [0, 0.05) is 5.56 Å². The van der Waals surface area contributed by atoms with Crippen LogP contribution in [0.3, 0.4) is 0 Å². The molecule has 1 saturated heterocycles. The second-order valence-electron chi connectivity index (χ2n) is 4.08. The highest BCUT2D eigenvalue weighted by atomic mass is 32.2. The Morgan fingerprint density at radius 3 is 2.88 bits per heavy atom. The first kappa shape index (κ1) is 9.82. The van der Waals surface area contributed by atoms with E-state index in [-0.39, 0.29) is 5.75 Å². The van der Waals surface area contributed by atoms with E-state index >= 15 is 0 Å². The lowest BCUT2D eigenvalue weighted by Gasteiger charge is -2.22. The maximum Gasteiger partial charge on any atom is 0.178 e. The Labute approximate surface area is 93.4 Å². The van der Waals surface area contributed by atoms with E-state index in [2.05, 4.69) is 6.07 Å². The van der Waals surface area contributed by atoms with Gasteiger partial charge in [0.2, 0.25) is 0 Å². The zero-order valence-corrected chi connectivity index (χ0v) is 9.20. The molecule has 1 spiro atoms. The molecule has 16 heavy (non-hydrogen) atoms. The van der Waals surface area contributed by atoms with Crippen molar-refractivity contribution in [3.8, 4) is 6.07 Å². The van der Waals surface area contributed by atoms with Crippen LogP contribution < -0.4 is 0 Å². The molecule has 0 aliphatic carbocycles. The number of hydrogen-bond acceptors (Lipinski definition) is 4. The number of sulfone groups is 1. The molecule has 1 fully saturated rings. The lowest BCUT2D eigenvalue weighted by molar-refractivity contribution is 0.289. The molecule has 2 aliphatic heterocycles. The van der Waals surface area contributed by atoms with Gasteiger partial charge in [-0.25, -0.2) is 8.42 Å². The normalized spacial score (nSPS) is 34.1. The molecule has 2 heterocycles. The molecule has 82 valence electrons. The molecule has 1 aromatic carbocycles. The van der Waals surface area contributed by atoms with Crippen molar-refractivity contribution >= 4 is 9.84 Å². The van der Waals surface area contributed by atoms with Crippen LogP contribution in [0.1, 0.15) is 12.0 Å². The van der Waals surface area contributed by atoms with E-state index < -0.39 is 21.5 Å². The Morgan fingerprint density at radius 2 is 2.19 bits per heavy atom. The summed E-state index contributed by atoms with van der Waals surface area (Å²) in [6.07, 6.45) is -0.117. The maximum atomic E-state index is 11.8. The maximum absolute atomic E-state index is 11.8. The fourth-order valence-corrected chi connectivity index (χ4v) is 3.97. The van der Waals surface area contributed by atoms with Gasteiger partial charge in [0.05, 0.1) is 16.7 Å². The fraction of sp³-hybridized carbons (Fsp3) is 0.364. The average molecular weight is 235 g/mol. The molecule has 2 atom stereocenters. The molecule has 4 nitrogen and oxygen atoms in total. The molecule has 0 N–H and O–H groups in total. The number of hydrogen-bond donors (Lipinski definition) is 0. The predicted octanol–water partition coefficient (Wildman–Crippen LogP) is 0.982. The van der Waals surface area contributed by atoms with Crippen LogP contribution in [0.25, 0.3) is 0 Å². The summed E-state index contributed by atoms with van der Waals surface area (Å²) in [7, 11) is -3.19. The minimum atomic E-state index is -3.19.